The van der Waals surface area contributed by atoms with E-state index >= 15 is 0 Å². The molecule has 6 heteroatoms. The van der Waals surface area contributed by atoms with Crippen molar-refractivity contribution in [3.8, 4) is 5.75 Å². The minimum atomic E-state index is -1.06. The van der Waals surface area contributed by atoms with Gasteiger partial charge in [-0.3, -0.25) is 9.59 Å². The molecule has 0 saturated heterocycles. The van der Waals surface area contributed by atoms with Gasteiger partial charge in [-0.15, -0.1) is 0 Å². The molecule has 0 aliphatic heterocycles. The molecule has 0 saturated carbocycles. The van der Waals surface area contributed by atoms with Crippen LogP contribution in [0.2, 0.25) is 0 Å². The van der Waals surface area contributed by atoms with E-state index in [1.165, 1.54) is 26.2 Å². The Kier molecular flexibility index (Phi) is 4.65. The molecule has 0 aliphatic rings. The van der Waals surface area contributed by atoms with Crippen molar-refractivity contribution in [1.29, 1.82) is 0 Å². The minimum Gasteiger partial charge on any atom is -0.495 e. The van der Waals surface area contributed by atoms with E-state index in [0.717, 1.165) is 6.07 Å². The van der Waals surface area contributed by atoms with E-state index in [-0.39, 0.29) is 12.1 Å². The lowest BCUT2D eigenvalue weighted by Gasteiger charge is -2.11. The topological polar surface area (TPSA) is 75.6 Å². The van der Waals surface area contributed by atoms with Crippen molar-refractivity contribution in [1.82, 2.24) is 0 Å². The van der Waals surface area contributed by atoms with Crippen molar-refractivity contribution < 1.29 is 23.8 Å². The Labute approximate surface area is 104 Å². The molecular formula is C12H14FNO4. The van der Waals surface area contributed by atoms with Gasteiger partial charge in [-0.1, -0.05) is 6.92 Å². The number of ether oxygens (including phenoxy) is 1. The third-order valence-corrected chi connectivity index (χ3v) is 2.35. The molecule has 0 heterocycles. The van der Waals surface area contributed by atoms with Gasteiger partial charge in [0.15, 0.2) is 0 Å². The summed E-state index contributed by atoms with van der Waals surface area (Å²) >= 11 is 0. The number of aliphatic carboxylic acids is 1. The smallest absolute Gasteiger partial charge is 0.306 e. The number of nitrogens with one attached hydrogen (secondary N) is 1. The van der Waals surface area contributed by atoms with Crippen molar-refractivity contribution in [2.24, 2.45) is 5.92 Å². The maximum absolute atomic E-state index is 13.0. The number of carboxylic acids is 1. The second-order valence-corrected chi connectivity index (χ2v) is 3.84. The van der Waals surface area contributed by atoms with Crippen LogP contribution in [0.15, 0.2) is 18.2 Å². The number of rotatable bonds is 5. The normalized spacial score (nSPS) is 11.7. The molecular weight excluding hydrogens is 241 g/mol. The zero-order chi connectivity index (χ0) is 13.7. The zero-order valence-electron chi connectivity index (χ0n) is 10.1. The molecule has 0 bridgehead atoms. The van der Waals surface area contributed by atoms with Crippen LogP contribution in [0.3, 0.4) is 0 Å². The summed E-state index contributed by atoms with van der Waals surface area (Å²) in [4.78, 5) is 22.2. The fourth-order valence-corrected chi connectivity index (χ4v) is 1.34. The third kappa shape index (κ3) is 3.73. The van der Waals surface area contributed by atoms with Gasteiger partial charge in [-0.05, 0) is 12.1 Å². The van der Waals surface area contributed by atoms with Gasteiger partial charge in [0.2, 0.25) is 5.91 Å². The molecule has 0 aliphatic carbocycles. The fraction of sp³-hybridized carbons (Fsp3) is 0.333. The van der Waals surface area contributed by atoms with Crippen molar-refractivity contribution in [3.05, 3.63) is 24.0 Å². The van der Waals surface area contributed by atoms with Crippen LogP contribution in [0.5, 0.6) is 5.75 Å². The molecule has 1 rings (SSSR count). The molecule has 1 unspecified atom stereocenters. The average molecular weight is 255 g/mol. The van der Waals surface area contributed by atoms with Crippen molar-refractivity contribution in [2.45, 2.75) is 13.3 Å². The maximum Gasteiger partial charge on any atom is 0.306 e. The zero-order valence-corrected chi connectivity index (χ0v) is 10.1. The van der Waals surface area contributed by atoms with Crippen molar-refractivity contribution in [2.75, 3.05) is 12.4 Å². The second kappa shape index (κ2) is 6.00. The van der Waals surface area contributed by atoms with Crippen LogP contribution in [-0.2, 0) is 9.59 Å². The predicted octanol–water partition coefficient (Wildman–Crippen LogP) is 1.88. The van der Waals surface area contributed by atoms with Crippen LogP contribution in [-0.4, -0.2) is 24.1 Å². The van der Waals surface area contributed by atoms with E-state index < -0.39 is 23.6 Å². The van der Waals surface area contributed by atoms with Crippen molar-refractivity contribution in [3.63, 3.8) is 0 Å². The summed E-state index contributed by atoms with van der Waals surface area (Å²) in [5.41, 5.74) is 0.181. The van der Waals surface area contributed by atoms with E-state index in [4.69, 9.17) is 9.84 Å². The predicted molar refractivity (Wildman–Crippen MR) is 63.0 cm³/mol. The summed E-state index contributed by atoms with van der Waals surface area (Å²) in [6.45, 7) is 1.42. The molecule has 2 N–H and O–H groups in total. The van der Waals surface area contributed by atoms with Gasteiger partial charge in [0, 0.05) is 12.5 Å². The highest BCUT2D eigenvalue weighted by atomic mass is 19.1. The number of methoxy groups -OCH3 is 1. The van der Waals surface area contributed by atoms with E-state index in [1.54, 1.807) is 0 Å². The Morgan fingerprint density at radius 3 is 2.72 bits per heavy atom. The second-order valence-electron chi connectivity index (χ2n) is 3.84. The highest BCUT2D eigenvalue weighted by molar-refractivity contribution is 5.94. The van der Waals surface area contributed by atoms with Crippen LogP contribution in [0, 0.1) is 11.7 Å². The fourth-order valence-electron chi connectivity index (χ4n) is 1.34. The number of carboxylic acid groups (broad SMARTS) is 1. The number of benzene rings is 1. The molecule has 18 heavy (non-hydrogen) atoms. The lowest BCUT2D eigenvalue weighted by Crippen LogP contribution is -2.20. The number of anilines is 1. The summed E-state index contributed by atoms with van der Waals surface area (Å²) in [5, 5.41) is 11.1. The first kappa shape index (κ1) is 14.0. The first-order chi connectivity index (χ1) is 8.43. The molecule has 5 nitrogen and oxygen atoms in total. The largest absolute Gasteiger partial charge is 0.495 e. The molecule has 1 aromatic rings. The molecule has 1 atom stereocenters. The van der Waals surface area contributed by atoms with Crippen LogP contribution >= 0.6 is 0 Å². The Bertz CT molecular complexity index is 461. The van der Waals surface area contributed by atoms with Crippen molar-refractivity contribution >= 4 is 17.6 Å². The lowest BCUT2D eigenvalue weighted by atomic mass is 10.1. The number of carbonyl (C=O) groups is 2. The standard InChI is InChI=1S/C12H14FNO4/c1-7(12(16)17)5-11(15)14-9-6-8(13)3-4-10(9)18-2/h3-4,6-7H,5H2,1-2H3,(H,14,15)(H,16,17). The molecule has 0 radical (unpaired) electrons. The van der Waals surface area contributed by atoms with Gasteiger partial charge in [0.25, 0.3) is 0 Å². The lowest BCUT2D eigenvalue weighted by molar-refractivity contribution is -0.142. The Morgan fingerprint density at radius 2 is 2.17 bits per heavy atom. The molecule has 0 spiro atoms. The number of amides is 1. The van der Waals surface area contributed by atoms with Gasteiger partial charge >= 0.3 is 5.97 Å². The third-order valence-electron chi connectivity index (χ3n) is 2.35. The number of halogens is 1. The molecule has 1 amide bonds. The van der Waals surface area contributed by atoms with Gasteiger partial charge in [-0.25, -0.2) is 4.39 Å². The van der Waals surface area contributed by atoms with Gasteiger partial charge in [0.1, 0.15) is 11.6 Å². The first-order valence-corrected chi connectivity index (χ1v) is 5.30. The molecule has 0 aromatic heterocycles. The number of hydrogen-bond acceptors (Lipinski definition) is 3. The SMILES string of the molecule is COc1ccc(F)cc1NC(=O)CC(C)C(=O)O. The summed E-state index contributed by atoms with van der Waals surface area (Å²) in [7, 11) is 1.39. The number of hydrogen-bond donors (Lipinski definition) is 2. The summed E-state index contributed by atoms with van der Waals surface area (Å²) in [5.74, 6) is -2.57. The highest BCUT2D eigenvalue weighted by Crippen LogP contribution is 2.25. The first-order valence-electron chi connectivity index (χ1n) is 5.30. The summed E-state index contributed by atoms with van der Waals surface area (Å²) in [6.07, 6.45) is -0.186. The van der Waals surface area contributed by atoms with E-state index in [0.29, 0.717) is 5.75 Å². The minimum absolute atomic E-state index is 0.181. The maximum atomic E-state index is 13.0. The van der Waals surface area contributed by atoms with Crippen LogP contribution in [0.25, 0.3) is 0 Å². The summed E-state index contributed by atoms with van der Waals surface area (Å²) < 4.78 is 18.0. The molecule has 98 valence electrons. The van der Waals surface area contributed by atoms with Gasteiger partial charge in [0.05, 0.1) is 18.7 Å². The van der Waals surface area contributed by atoms with Crippen LogP contribution in [0.1, 0.15) is 13.3 Å². The Morgan fingerprint density at radius 1 is 1.50 bits per heavy atom. The average Bonchev–Trinajstić information content (AvgIpc) is 2.28. The Balaban J connectivity index is 2.75. The van der Waals surface area contributed by atoms with E-state index in [1.807, 2.05) is 0 Å². The van der Waals surface area contributed by atoms with Gasteiger partial charge < -0.3 is 15.2 Å². The highest BCUT2D eigenvalue weighted by Gasteiger charge is 2.17. The van der Waals surface area contributed by atoms with E-state index in [2.05, 4.69) is 5.32 Å². The van der Waals surface area contributed by atoms with Crippen LogP contribution in [0.4, 0.5) is 10.1 Å². The quantitative estimate of drug-likeness (QED) is 0.842. The monoisotopic (exact) mass is 255 g/mol. The van der Waals surface area contributed by atoms with E-state index in [9.17, 15) is 14.0 Å². The van der Waals surface area contributed by atoms with Gasteiger partial charge in [-0.2, -0.15) is 0 Å². The van der Waals surface area contributed by atoms with Crippen LogP contribution < -0.4 is 10.1 Å². The molecule has 0 fully saturated rings. The Hall–Kier alpha value is -2.11. The number of carbonyl (C=O) groups excluding carboxylic acids is 1. The summed E-state index contributed by atoms with van der Waals surface area (Å²) in [6, 6.07) is 3.70. The molecule has 1 aromatic carbocycles.